The molecule has 1 heterocycles. The second-order valence-electron chi connectivity index (χ2n) is 5.49. The third-order valence-electron chi connectivity index (χ3n) is 4.12. The van der Waals surface area contributed by atoms with Gasteiger partial charge in [-0.05, 0) is 24.3 Å². The van der Waals surface area contributed by atoms with Crippen LogP contribution in [0.4, 0.5) is 10.1 Å². The highest BCUT2D eigenvalue weighted by Crippen LogP contribution is 2.28. The van der Waals surface area contributed by atoms with Crippen LogP contribution in [0.15, 0.2) is 53.4 Å². The van der Waals surface area contributed by atoms with E-state index in [2.05, 4.69) is 0 Å². The fourth-order valence-electron chi connectivity index (χ4n) is 2.85. The second-order valence-corrected chi connectivity index (χ2v) is 7.40. The maximum absolute atomic E-state index is 13.9. The molecule has 1 saturated heterocycles. The molecule has 3 rings (SSSR count). The van der Waals surface area contributed by atoms with Gasteiger partial charge in [-0.1, -0.05) is 24.3 Å². The van der Waals surface area contributed by atoms with E-state index in [-0.39, 0.29) is 10.7 Å². The first kappa shape index (κ1) is 16.7. The van der Waals surface area contributed by atoms with Crippen LogP contribution in [0, 0.1) is 5.82 Å². The number of methoxy groups -OCH3 is 1. The van der Waals surface area contributed by atoms with E-state index in [4.69, 9.17) is 4.74 Å². The van der Waals surface area contributed by atoms with E-state index in [1.807, 2.05) is 4.90 Å². The summed E-state index contributed by atoms with van der Waals surface area (Å²) in [6.45, 7) is 1.48. The van der Waals surface area contributed by atoms with Crippen molar-refractivity contribution in [3.8, 4) is 5.75 Å². The molecule has 0 aromatic heterocycles. The van der Waals surface area contributed by atoms with Gasteiger partial charge in [0.2, 0.25) is 10.0 Å². The number of halogens is 1. The van der Waals surface area contributed by atoms with E-state index in [9.17, 15) is 12.8 Å². The van der Waals surface area contributed by atoms with Gasteiger partial charge < -0.3 is 9.64 Å². The van der Waals surface area contributed by atoms with E-state index in [1.54, 1.807) is 36.4 Å². The van der Waals surface area contributed by atoms with Crippen LogP contribution in [0.25, 0.3) is 0 Å². The van der Waals surface area contributed by atoms with Crippen LogP contribution in [0.1, 0.15) is 0 Å². The fourth-order valence-corrected chi connectivity index (χ4v) is 4.43. The van der Waals surface area contributed by atoms with Crippen LogP contribution in [0.3, 0.4) is 0 Å². The lowest BCUT2D eigenvalue weighted by atomic mass is 10.2. The van der Waals surface area contributed by atoms with Gasteiger partial charge in [0.15, 0.2) is 0 Å². The van der Waals surface area contributed by atoms with Crippen LogP contribution in [-0.4, -0.2) is 46.0 Å². The molecule has 0 spiro atoms. The van der Waals surface area contributed by atoms with Crippen molar-refractivity contribution in [1.82, 2.24) is 4.31 Å². The van der Waals surface area contributed by atoms with Gasteiger partial charge in [-0.2, -0.15) is 4.31 Å². The molecule has 2 aromatic rings. The van der Waals surface area contributed by atoms with E-state index in [0.29, 0.717) is 37.6 Å². The maximum atomic E-state index is 13.9. The van der Waals surface area contributed by atoms with Crippen molar-refractivity contribution < 1.29 is 17.5 Å². The van der Waals surface area contributed by atoms with Gasteiger partial charge in [0, 0.05) is 26.2 Å². The fraction of sp³-hybridized carbons (Fsp3) is 0.294. The zero-order valence-electron chi connectivity index (χ0n) is 13.4. The van der Waals surface area contributed by atoms with Crippen molar-refractivity contribution in [3.63, 3.8) is 0 Å². The Morgan fingerprint density at radius 2 is 1.58 bits per heavy atom. The maximum Gasteiger partial charge on any atom is 0.246 e. The van der Waals surface area contributed by atoms with E-state index < -0.39 is 10.0 Å². The third kappa shape index (κ3) is 3.09. The van der Waals surface area contributed by atoms with Crippen LogP contribution in [0.2, 0.25) is 0 Å². The summed E-state index contributed by atoms with van der Waals surface area (Å²) in [5, 5.41) is 0. The molecular formula is C17H19FN2O3S. The molecule has 128 valence electrons. The average molecular weight is 350 g/mol. The lowest BCUT2D eigenvalue weighted by molar-refractivity contribution is 0.373. The smallest absolute Gasteiger partial charge is 0.246 e. The first-order chi connectivity index (χ1) is 11.5. The summed E-state index contributed by atoms with van der Waals surface area (Å²) in [5.41, 5.74) is 0.506. The molecule has 1 aliphatic heterocycles. The van der Waals surface area contributed by atoms with Gasteiger partial charge in [0.05, 0.1) is 12.8 Å². The monoisotopic (exact) mass is 350 g/mol. The molecule has 0 radical (unpaired) electrons. The van der Waals surface area contributed by atoms with Crippen LogP contribution in [0.5, 0.6) is 5.75 Å². The summed E-state index contributed by atoms with van der Waals surface area (Å²) in [6, 6.07) is 13.1. The molecule has 1 fully saturated rings. The zero-order chi connectivity index (χ0) is 17.2. The van der Waals surface area contributed by atoms with Crippen molar-refractivity contribution in [2.75, 3.05) is 38.2 Å². The largest absolute Gasteiger partial charge is 0.495 e. The molecular weight excluding hydrogens is 331 g/mol. The number of benzene rings is 2. The number of ether oxygens (including phenoxy) is 1. The highest BCUT2D eigenvalue weighted by atomic mass is 32.2. The second kappa shape index (κ2) is 6.78. The Balaban J connectivity index is 1.78. The van der Waals surface area contributed by atoms with Gasteiger partial charge in [-0.3, -0.25) is 0 Å². The first-order valence-corrected chi connectivity index (χ1v) is 9.10. The van der Waals surface area contributed by atoms with Crippen LogP contribution in [-0.2, 0) is 10.0 Å². The van der Waals surface area contributed by atoms with Crippen LogP contribution >= 0.6 is 0 Å². The molecule has 0 unspecified atom stereocenters. The van der Waals surface area contributed by atoms with Gasteiger partial charge >= 0.3 is 0 Å². The van der Waals surface area contributed by atoms with E-state index in [1.165, 1.54) is 23.5 Å². The Hall–Kier alpha value is -2.12. The summed E-state index contributed by atoms with van der Waals surface area (Å²) in [6.07, 6.45) is 0. The van der Waals surface area contributed by atoms with Crippen molar-refractivity contribution >= 4 is 15.7 Å². The average Bonchev–Trinajstić information content (AvgIpc) is 2.62. The lowest BCUT2D eigenvalue weighted by Gasteiger charge is -2.35. The number of sulfonamides is 1. The van der Waals surface area contributed by atoms with Crippen molar-refractivity contribution in [2.45, 2.75) is 4.90 Å². The summed E-state index contributed by atoms with van der Waals surface area (Å²) in [5.74, 6) is 0.0348. The van der Waals surface area contributed by atoms with Gasteiger partial charge in [0.25, 0.3) is 0 Å². The lowest BCUT2D eigenvalue weighted by Crippen LogP contribution is -2.48. The molecule has 2 aromatic carbocycles. The number of hydrogen-bond donors (Lipinski definition) is 0. The Bertz CT molecular complexity index is 818. The van der Waals surface area contributed by atoms with Crippen molar-refractivity contribution in [2.24, 2.45) is 0 Å². The predicted molar refractivity (Wildman–Crippen MR) is 90.4 cm³/mol. The van der Waals surface area contributed by atoms with E-state index >= 15 is 0 Å². The standard InChI is InChI=1S/C17H19FN2O3S/c1-23-16-8-4-5-9-17(16)24(21,22)20-12-10-19(11-13-20)15-7-3-2-6-14(15)18/h2-9H,10-13H2,1H3. The molecule has 5 nitrogen and oxygen atoms in total. The molecule has 24 heavy (non-hydrogen) atoms. The van der Waals surface area contributed by atoms with E-state index in [0.717, 1.165) is 0 Å². The molecule has 0 aliphatic carbocycles. The minimum Gasteiger partial charge on any atom is -0.495 e. The van der Waals surface area contributed by atoms with Gasteiger partial charge in [0.1, 0.15) is 16.5 Å². The third-order valence-corrected chi connectivity index (χ3v) is 6.06. The summed E-state index contributed by atoms with van der Waals surface area (Å²) < 4.78 is 46.1. The number of nitrogens with zero attached hydrogens (tertiary/aromatic N) is 2. The number of hydrogen-bond acceptors (Lipinski definition) is 4. The van der Waals surface area contributed by atoms with Crippen molar-refractivity contribution in [3.05, 3.63) is 54.3 Å². The summed E-state index contributed by atoms with van der Waals surface area (Å²) >= 11 is 0. The molecule has 0 N–H and O–H groups in total. The Kier molecular flexibility index (Phi) is 4.73. The first-order valence-electron chi connectivity index (χ1n) is 7.66. The van der Waals surface area contributed by atoms with Crippen LogP contribution < -0.4 is 9.64 Å². The normalized spacial score (nSPS) is 16.2. The number of para-hydroxylation sites is 2. The molecule has 7 heteroatoms. The highest BCUT2D eigenvalue weighted by molar-refractivity contribution is 7.89. The van der Waals surface area contributed by atoms with Gasteiger partial charge in [-0.15, -0.1) is 0 Å². The molecule has 1 aliphatic rings. The summed E-state index contributed by atoms with van der Waals surface area (Å²) in [4.78, 5) is 2.02. The highest BCUT2D eigenvalue weighted by Gasteiger charge is 2.31. The number of piperazine rings is 1. The summed E-state index contributed by atoms with van der Waals surface area (Å²) in [7, 11) is -2.18. The molecule has 0 amide bonds. The quantitative estimate of drug-likeness (QED) is 0.849. The minimum atomic E-state index is -3.63. The Labute approximate surface area is 141 Å². The predicted octanol–water partition coefficient (Wildman–Crippen LogP) is 2.35. The molecule has 0 bridgehead atoms. The topological polar surface area (TPSA) is 49.9 Å². The Morgan fingerprint density at radius 3 is 2.25 bits per heavy atom. The number of rotatable bonds is 4. The number of anilines is 1. The Morgan fingerprint density at radius 1 is 0.958 bits per heavy atom. The van der Waals surface area contributed by atoms with Crippen molar-refractivity contribution in [1.29, 1.82) is 0 Å². The zero-order valence-corrected chi connectivity index (χ0v) is 14.2. The van der Waals surface area contributed by atoms with Gasteiger partial charge in [-0.25, -0.2) is 12.8 Å². The molecule has 0 saturated carbocycles. The molecule has 0 atom stereocenters. The minimum absolute atomic E-state index is 0.159. The SMILES string of the molecule is COc1ccccc1S(=O)(=O)N1CCN(c2ccccc2F)CC1.